The quantitative estimate of drug-likeness (QED) is 0.703. The number of nitrogens with zero attached hydrogens (tertiary/aromatic N) is 1. The molecule has 0 aliphatic carbocycles. The zero-order valence-electron chi connectivity index (χ0n) is 10.9. The summed E-state index contributed by atoms with van der Waals surface area (Å²) in [6.45, 7) is 6.70. The maximum absolute atomic E-state index is 5.46. The van der Waals surface area contributed by atoms with Crippen LogP contribution < -0.4 is 10.1 Å². The monoisotopic (exact) mass is 238 g/mol. The Hall–Kier alpha value is -1.13. The van der Waals surface area contributed by atoms with Gasteiger partial charge in [-0.1, -0.05) is 6.07 Å². The molecule has 0 atom stereocenters. The molecule has 1 heterocycles. The second kappa shape index (κ2) is 8.03. The van der Waals surface area contributed by atoms with Crippen LogP contribution in [0.5, 0.6) is 5.88 Å². The highest BCUT2D eigenvalue weighted by molar-refractivity contribution is 5.17. The Morgan fingerprint density at radius 2 is 2.18 bits per heavy atom. The summed E-state index contributed by atoms with van der Waals surface area (Å²) in [6, 6.07) is 3.89. The van der Waals surface area contributed by atoms with Gasteiger partial charge in [0.2, 0.25) is 5.88 Å². The molecule has 96 valence electrons. The van der Waals surface area contributed by atoms with E-state index in [0.717, 1.165) is 31.7 Å². The van der Waals surface area contributed by atoms with E-state index in [2.05, 4.69) is 24.1 Å². The van der Waals surface area contributed by atoms with Crippen molar-refractivity contribution >= 4 is 0 Å². The molecule has 0 unspecified atom stereocenters. The minimum Gasteiger partial charge on any atom is -0.481 e. The second-order valence-electron chi connectivity index (χ2n) is 4.16. The van der Waals surface area contributed by atoms with E-state index in [9.17, 15) is 0 Å². The number of aromatic nitrogens is 1. The first-order valence-electron chi connectivity index (χ1n) is 6.03. The van der Waals surface area contributed by atoms with Crippen molar-refractivity contribution < 1.29 is 9.47 Å². The molecule has 1 aromatic rings. The molecule has 4 heteroatoms. The van der Waals surface area contributed by atoms with Crippen molar-refractivity contribution in [1.29, 1.82) is 0 Å². The predicted molar refractivity (Wildman–Crippen MR) is 68.2 cm³/mol. The number of hydrogen-bond acceptors (Lipinski definition) is 4. The lowest BCUT2D eigenvalue weighted by Gasteiger charge is -2.08. The van der Waals surface area contributed by atoms with Crippen LogP contribution in [0, 0.1) is 0 Å². The van der Waals surface area contributed by atoms with Gasteiger partial charge in [0.15, 0.2) is 0 Å². The maximum Gasteiger partial charge on any atom is 0.212 e. The van der Waals surface area contributed by atoms with Crippen LogP contribution in [0.2, 0.25) is 0 Å². The highest BCUT2D eigenvalue weighted by atomic mass is 16.5. The van der Waals surface area contributed by atoms with E-state index in [1.54, 1.807) is 7.11 Å². The van der Waals surface area contributed by atoms with E-state index >= 15 is 0 Å². The van der Waals surface area contributed by atoms with Crippen LogP contribution in [0.15, 0.2) is 18.3 Å². The van der Waals surface area contributed by atoms with Gasteiger partial charge in [0.05, 0.1) is 13.2 Å². The van der Waals surface area contributed by atoms with Gasteiger partial charge in [0.25, 0.3) is 0 Å². The topological polar surface area (TPSA) is 43.4 Å². The highest BCUT2D eigenvalue weighted by Gasteiger charge is 1.96. The normalized spacial score (nSPS) is 10.8. The summed E-state index contributed by atoms with van der Waals surface area (Å²) in [5.41, 5.74) is 1.16. The third-order valence-electron chi connectivity index (χ3n) is 2.28. The highest BCUT2D eigenvalue weighted by Crippen LogP contribution is 2.06. The van der Waals surface area contributed by atoms with Crippen molar-refractivity contribution in [2.75, 3.05) is 20.3 Å². The summed E-state index contributed by atoms with van der Waals surface area (Å²) in [7, 11) is 1.62. The molecule has 0 aromatic carbocycles. The number of pyridine rings is 1. The van der Waals surface area contributed by atoms with E-state index in [-0.39, 0.29) is 0 Å². The Bertz CT molecular complexity index is 299. The van der Waals surface area contributed by atoms with Gasteiger partial charge >= 0.3 is 0 Å². The summed E-state index contributed by atoms with van der Waals surface area (Å²) in [4.78, 5) is 4.15. The minimum atomic E-state index is 0.320. The molecule has 1 rings (SSSR count). The van der Waals surface area contributed by atoms with E-state index in [0.29, 0.717) is 12.0 Å². The van der Waals surface area contributed by atoms with Gasteiger partial charge < -0.3 is 14.8 Å². The van der Waals surface area contributed by atoms with Crippen LogP contribution in [0.1, 0.15) is 25.8 Å². The summed E-state index contributed by atoms with van der Waals surface area (Å²) >= 11 is 0. The SMILES string of the molecule is COc1ccc(CNCCCOC(C)C)cn1. The first-order valence-corrected chi connectivity index (χ1v) is 6.03. The summed E-state index contributed by atoms with van der Waals surface area (Å²) in [6.07, 6.45) is 3.18. The second-order valence-corrected chi connectivity index (χ2v) is 4.16. The molecular formula is C13H22N2O2. The average molecular weight is 238 g/mol. The fraction of sp³-hybridized carbons (Fsp3) is 0.615. The maximum atomic E-state index is 5.46. The molecule has 1 N–H and O–H groups in total. The molecule has 0 bridgehead atoms. The largest absolute Gasteiger partial charge is 0.481 e. The number of hydrogen-bond donors (Lipinski definition) is 1. The van der Waals surface area contributed by atoms with Crippen LogP contribution >= 0.6 is 0 Å². The van der Waals surface area contributed by atoms with Crippen molar-refractivity contribution in [3.63, 3.8) is 0 Å². The van der Waals surface area contributed by atoms with E-state index in [4.69, 9.17) is 9.47 Å². The van der Waals surface area contributed by atoms with Crippen LogP contribution in [0.4, 0.5) is 0 Å². The van der Waals surface area contributed by atoms with Crippen LogP contribution in [-0.2, 0) is 11.3 Å². The third-order valence-corrected chi connectivity index (χ3v) is 2.28. The van der Waals surface area contributed by atoms with Gasteiger partial charge in [-0.2, -0.15) is 0 Å². The summed E-state index contributed by atoms with van der Waals surface area (Å²) < 4.78 is 10.5. The molecule has 0 aliphatic heterocycles. The molecule has 0 radical (unpaired) electrons. The van der Waals surface area contributed by atoms with Crippen molar-refractivity contribution in [2.45, 2.75) is 32.9 Å². The molecule has 0 saturated carbocycles. The average Bonchev–Trinajstić information content (AvgIpc) is 2.34. The molecule has 4 nitrogen and oxygen atoms in total. The Labute approximate surface area is 103 Å². The Balaban J connectivity index is 2.09. The smallest absolute Gasteiger partial charge is 0.212 e. The Morgan fingerprint density at radius 1 is 1.35 bits per heavy atom. The standard InChI is InChI=1S/C13H22N2O2/c1-11(2)17-8-4-7-14-9-12-5-6-13(16-3)15-10-12/h5-6,10-11,14H,4,7-9H2,1-3H3. The van der Waals surface area contributed by atoms with Crippen LogP contribution in [0.25, 0.3) is 0 Å². The van der Waals surface area contributed by atoms with Crippen molar-refractivity contribution in [1.82, 2.24) is 10.3 Å². The Kier molecular flexibility index (Phi) is 6.58. The number of nitrogens with one attached hydrogen (secondary N) is 1. The van der Waals surface area contributed by atoms with Crippen LogP contribution in [-0.4, -0.2) is 31.3 Å². The zero-order valence-corrected chi connectivity index (χ0v) is 10.9. The molecule has 0 aliphatic rings. The van der Waals surface area contributed by atoms with E-state index in [1.807, 2.05) is 18.3 Å². The van der Waals surface area contributed by atoms with Gasteiger partial charge in [0.1, 0.15) is 0 Å². The van der Waals surface area contributed by atoms with Crippen molar-refractivity contribution in [2.24, 2.45) is 0 Å². The lowest BCUT2D eigenvalue weighted by molar-refractivity contribution is 0.0770. The summed E-state index contributed by atoms with van der Waals surface area (Å²) in [5.74, 6) is 0.652. The van der Waals surface area contributed by atoms with Gasteiger partial charge in [-0.3, -0.25) is 0 Å². The Morgan fingerprint density at radius 3 is 2.76 bits per heavy atom. The minimum absolute atomic E-state index is 0.320. The third kappa shape index (κ3) is 6.24. The molecule has 0 fully saturated rings. The first-order chi connectivity index (χ1) is 8.22. The first kappa shape index (κ1) is 13.9. The molecule has 0 amide bonds. The van der Waals surface area contributed by atoms with Crippen LogP contribution in [0.3, 0.4) is 0 Å². The summed E-state index contributed by atoms with van der Waals surface area (Å²) in [5, 5.41) is 3.35. The number of ether oxygens (including phenoxy) is 2. The van der Waals surface area contributed by atoms with Gasteiger partial charge in [-0.15, -0.1) is 0 Å². The predicted octanol–water partition coefficient (Wildman–Crippen LogP) is 1.99. The lowest BCUT2D eigenvalue weighted by Crippen LogP contribution is -2.17. The molecular weight excluding hydrogens is 216 g/mol. The van der Waals surface area contributed by atoms with Crippen molar-refractivity contribution in [3.05, 3.63) is 23.9 Å². The van der Waals surface area contributed by atoms with E-state index < -0.39 is 0 Å². The number of methoxy groups -OCH3 is 1. The lowest BCUT2D eigenvalue weighted by atomic mass is 10.3. The molecule has 17 heavy (non-hydrogen) atoms. The molecule has 0 spiro atoms. The fourth-order valence-corrected chi connectivity index (χ4v) is 1.39. The fourth-order valence-electron chi connectivity index (χ4n) is 1.39. The van der Waals surface area contributed by atoms with Crippen molar-refractivity contribution in [3.8, 4) is 5.88 Å². The van der Waals surface area contributed by atoms with Gasteiger partial charge in [-0.25, -0.2) is 4.98 Å². The van der Waals surface area contributed by atoms with Gasteiger partial charge in [0, 0.05) is 25.4 Å². The van der Waals surface area contributed by atoms with E-state index in [1.165, 1.54) is 0 Å². The van der Waals surface area contributed by atoms with Gasteiger partial charge in [-0.05, 0) is 32.4 Å². The molecule has 1 aromatic heterocycles. The number of rotatable bonds is 8. The zero-order chi connectivity index (χ0) is 12.5. The molecule has 0 saturated heterocycles.